The van der Waals surface area contributed by atoms with Crippen LogP contribution >= 0.6 is 35.0 Å². The first kappa shape index (κ1) is 23.8. The number of halogens is 2. The van der Waals surface area contributed by atoms with Gasteiger partial charge in [0.15, 0.2) is 11.0 Å². The molecule has 3 aromatic carbocycles. The van der Waals surface area contributed by atoms with Gasteiger partial charge in [0.1, 0.15) is 5.75 Å². The van der Waals surface area contributed by atoms with Crippen LogP contribution in [0.5, 0.6) is 5.75 Å². The molecule has 0 radical (unpaired) electrons. The van der Waals surface area contributed by atoms with Crippen LogP contribution in [0.4, 0.5) is 0 Å². The van der Waals surface area contributed by atoms with E-state index in [2.05, 4.69) is 9.88 Å². The van der Waals surface area contributed by atoms with Gasteiger partial charge in [-0.25, -0.2) is 0 Å². The van der Waals surface area contributed by atoms with E-state index < -0.39 is 0 Å². The van der Waals surface area contributed by atoms with Crippen molar-refractivity contribution >= 4 is 56.8 Å². The molecule has 0 aliphatic carbocycles. The van der Waals surface area contributed by atoms with Gasteiger partial charge in [0.2, 0.25) is 0 Å². The number of fused-ring (bicyclic) bond motifs is 3. The SMILES string of the molecule is COc1ccc(C2c3[nH]c4ccc(Cl)cc4c3CCN2C(=N)SCC(=O)c2ccc(Cl)cc2)cc1. The van der Waals surface area contributed by atoms with Crippen molar-refractivity contribution in [3.8, 4) is 5.75 Å². The number of H-pyrrole nitrogens is 1. The van der Waals surface area contributed by atoms with E-state index in [9.17, 15) is 4.79 Å². The average Bonchev–Trinajstić information content (AvgIpc) is 3.24. The Balaban J connectivity index is 1.46. The minimum Gasteiger partial charge on any atom is -0.497 e. The Bertz CT molecular complexity index is 1400. The molecule has 2 N–H and O–H groups in total. The first-order valence-corrected chi connectivity index (χ1v) is 12.9. The summed E-state index contributed by atoms with van der Waals surface area (Å²) in [6.07, 6.45) is 0.774. The van der Waals surface area contributed by atoms with Crippen LogP contribution in [0.15, 0.2) is 66.7 Å². The average molecular weight is 524 g/mol. The van der Waals surface area contributed by atoms with Gasteiger partial charge in [-0.05, 0) is 72.1 Å². The number of rotatable bonds is 5. The van der Waals surface area contributed by atoms with Crippen LogP contribution in [0.3, 0.4) is 0 Å². The first-order chi connectivity index (χ1) is 16.9. The predicted molar refractivity (Wildman–Crippen MR) is 145 cm³/mol. The standard InChI is InChI=1S/C27H23Cl2N3O2S/c1-34-20-9-4-17(5-10-20)26-25-21(22-14-19(29)8-11-23(22)31-25)12-13-32(26)27(30)35-15-24(33)16-2-6-18(28)7-3-16/h2-11,14,26,30-31H,12-13,15H2,1H3. The first-order valence-electron chi connectivity index (χ1n) is 11.2. The molecule has 4 aromatic rings. The Labute approximate surface area is 217 Å². The van der Waals surface area contributed by atoms with Gasteiger partial charge in [-0.2, -0.15) is 0 Å². The Morgan fingerprint density at radius 2 is 1.80 bits per heavy atom. The maximum atomic E-state index is 12.7. The Kier molecular flexibility index (Phi) is 6.78. The molecule has 1 aliphatic heterocycles. The molecule has 0 saturated carbocycles. The molecule has 1 atom stereocenters. The number of aromatic nitrogens is 1. The van der Waals surface area contributed by atoms with Crippen molar-refractivity contribution in [2.24, 2.45) is 0 Å². The molecule has 2 heterocycles. The van der Waals surface area contributed by atoms with Crippen LogP contribution in [0.25, 0.3) is 10.9 Å². The van der Waals surface area contributed by atoms with Crippen molar-refractivity contribution in [2.45, 2.75) is 12.5 Å². The molecule has 1 aliphatic rings. The highest BCUT2D eigenvalue weighted by Crippen LogP contribution is 2.40. The predicted octanol–water partition coefficient (Wildman–Crippen LogP) is 6.98. The minimum absolute atomic E-state index is 0.0321. The molecular weight excluding hydrogens is 501 g/mol. The topological polar surface area (TPSA) is 69.2 Å². The maximum absolute atomic E-state index is 12.7. The van der Waals surface area contributed by atoms with Crippen molar-refractivity contribution in [1.29, 1.82) is 5.41 Å². The molecule has 0 bridgehead atoms. The van der Waals surface area contributed by atoms with Gasteiger partial charge in [0, 0.05) is 38.8 Å². The number of aromatic amines is 1. The van der Waals surface area contributed by atoms with Crippen molar-refractivity contribution in [3.05, 3.63) is 99.2 Å². The number of hydrogen-bond acceptors (Lipinski definition) is 4. The third-order valence-corrected chi connectivity index (χ3v) is 7.69. The number of methoxy groups -OCH3 is 1. The molecule has 0 saturated heterocycles. The molecule has 5 rings (SSSR count). The summed E-state index contributed by atoms with van der Waals surface area (Å²) in [5, 5.41) is 11.7. The fourth-order valence-corrected chi connectivity index (χ4v) is 5.64. The normalized spacial score (nSPS) is 15.2. The van der Waals surface area contributed by atoms with Crippen LogP contribution in [0.2, 0.25) is 10.0 Å². The number of amidine groups is 1. The summed E-state index contributed by atoms with van der Waals surface area (Å²) in [6.45, 7) is 0.657. The number of ketones is 1. The largest absolute Gasteiger partial charge is 0.497 e. The van der Waals surface area contributed by atoms with Crippen molar-refractivity contribution in [2.75, 3.05) is 19.4 Å². The highest BCUT2D eigenvalue weighted by Gasteiger charge is 2.33. The van der Waals surface area contributed by atoms with E-state index in [0.717, 1.165) is 34.3 Å². The van der Waals surface area contributed by atoms with E-state index in [0.29, 0.717) is 27.3 Å². The lowest BCUT2D eigenvalue weighted by Gasteiger charge is -2.37. The van der Waals surface area contributed by atoms with Gasteiger partial charge in [0.05, 0.1) is 18.9 Å². The number of ether oxygens (including phenoxy) is 1. The zero-order chi connectivity index (χ0) is 24.5. The summed E-state index contributed by atoms with van der Waals surface area (Å²) < 4.78 is 5.35. The van der Waals surface area contributed by atoms with E-state index in [1.807, 2.05) is 42.5 Å². The van der Waals surface area contributed by atoms with Crippen molar-refractivity contribution in [3.63, 3.8) is 0 Å². The minimum atomic E-state index is -0.193. The van der Waals surface area contributed by atoms with E-state index in [1.54, 1.807) is 31.4 Å². The lowest BCUT2D eigenvalue weighted by molar-refractivity contribution is 0.102. The summed E-state index contributed by atoms with van der Waals surface area (Å²) in [4.78, 5) is 18.3. The van der Waals surface area contributed by atoms with Crippen molar-refractivity contribution in [1.82, 2.24) is 9.88 Å². The number of carbonyl (C=O) groups excluding carboxylic acids is 1. The van der Waals surface area contributed by atoms with Gasteiger partial charge >= 0.3 is 0 Å². The molecule has 1 aromatic heterocycles. The van der Waals surface area contributed by atoms with Gasteiger partial charge in [0.25, 0.3) is 0 Å². The zero-order valence-corrected chi connectivity index (χ0v) is 21.3. The number of carbonyl (C=O) groups is 1. The molecule has 8 heteroatoms. The molecule has 0 fully saturated rings. The van der Waals surface area contributed by atoms with Gasteiger partial charge in [-0.15, -0.1) is 0 Å². The highest BCUT2D eigenvalue weighted by atomic mass is 35.5. The Morgan fingerprint density at radius 1 is 1.09 bits per heavy atom. The number of hydrogen-bond donors (Lipinski definition) is 2. The molecule has 5 nitrogen and oxygen atoms in total. The van der Waals surface area contributed by atoms with Gasteiger partial charge in [-0.3, -0.25) is 10.2 Å². The van der Waals surface area contributed by atoms with E-state index >= 15 is 0 Å². The van der Waals surface area contributed by atoms with Crippen LogP contribution in [-0.4, -0.2) is 40.2 Å². The fourth-order valence-electron chi connectivity index (χ4n) is 4.55. The molecule has 0 amide bonds. The number of benzene rings is 3. The smallest absolute Gasteiger partial charge is 0.173 e. The molecule has 178 valence electrons. The zero-order valence-electron chi connectivity index (χ0n) is 19.0. The van der Waals surface area contributed by atoms with Crippen LogP contribution in [0, 0.1) is 5.41 Å². The molecule has 35 heavy (non-hydrogen) atoms. The third-order valence-electron chi connectivity index (χ3n) is 6.29. The summed E-state index contributed by atoms with van der Waals surface area (Å²) in [5.41, 5.74) is 4.92. The number of Topliss-reactive ketones (excluding diaryl/α,β-unsaturated/α-hetero) is 1. The van der Waals surface area contributed by atoms with Crippen LogP contribution in [0.1, 0.15) is 33.2 Å². The fraction of sp³-hybridized carbons (Fsp3) is 0.185. The second-order valence-electron chi connectivity index (χ2n) is 8.35. The lowest BCUT2D eigenvalue weighted by Crippen LogP contribution is -2.39. The summed E-state index contributed by atoms with van der Waals surface area (Å²) in [7, 11) is 1.64. The quantitative estimate of drug-likeness (QED) is 0.168. The second kappa shape index (κ2) is 9.97. The number of thioether (sulfide) groups is 1. The maximum Gasteiger partial charge on any atom is 0.173 e. The van der Waals surface area contributed by atoms with E-state index in [-0.39, 0.29) is 17.6 Å². The number of nitrogens with zero attached hydrogens (tertiary/aromatic N) is 1. The molecule has 1 unspecified atom stereocenters. The van der Waals surface area contributed by atoms with Gasteiger partial charge in [-0.1, -0.05) is 47.1 Å². The molecule has 0 spiro atoms. The Morgan fingerprint density at radius 3 is 2.51 bits per heavy atom. The molecular formula is C27H23Cl2N3O2S. The highest BCUT2D eigenvalue weighted by molar-refractivity contribution is 8.14. The van der Waals surface area contributed by atoms with E-state index in [4.69, 9.17) is 33.3 Å². The summed E-state index contributed by atoms with van der Waals surface area (Å²) in [5.74, 6) is 0.926. The second-order valence-corrected chi connectivity index (χ2v) is 10.2. The monoisotopic (exact) mass is 523 g/mol. The van der Waals surface area contributed by atoms with Crippen LogP contribution < -0.4 is 4.74 Å². The summed E-state index contributed by atoms with van der Waals surface area (Å²) in [6, 6.07) is 20.5. The Hall–Kier alpha value is -2.93. The summed E-state index contributed by atoms with van der Waals surface area (Å²) >= 11 is 13.5. The van der Waals surface area contributed by atoms with Gasteiger partial charge < -0.3 is 14.6 Å². The lowest BCUT2D eigenvalue weighted by atomic mass is 9.93. The number of nitrogens with one attached hydrogen (secondary N) is 2. The van der Waals surface area contributed by atoms with Crippen molar-refractivity contribution < 1.29 is 9.53 Å². The van der Waals surface area contributed by atoms with E-state index in [1.165, 1.54) is 17.3 Å². The van der Waals surface area contributed by atoms with Crippen LogP contribution in [-0.2, 0) is 6.42 Å². The third kappa shape index (κ3) is 4.79.